The maximum atomic E-state index is 11.7. The summed E-state index contributed by atoms with van der Waals surface area (Å²) in [5.41, 5.74) is 0.820. The van der Waals surface area contributed by atoms with E-state index in [2.05, 4.69) is 25.2 Å². The third-order valence-electron chi connectivity index (χ3n) is 3.17. The lowest BCUT2D eigenvalue weighted by molar-refractivity contribution is -0.135. The van der Waals surface area contributed by atoms with E-state index >= 15 is 0 Å². The number of carbonyl (C=O) groups excluding carboxylic acids is 2. The average molecular weight is 375 g/mol. The number of benzene rings is 1. The van der Waals surface area contributed by atoms with Crippen LogP contribution in [0.4, 0.5) is 0 Å². The Balaban J connectivity index is 1.73. The number of nitrogens with one attached hydrogen (secondary N) is 1. The third-order valence-corrected chi connectivity index (χ3v) is 4.28. The van der Waals surface area contributed by atoms with E-state index in [-0.39, 0.29) is 10.1 Å². The first-order chi connectivity index (χ1) is 12.0. The van der Waals surface area contributed by atoms with Gasteiger partial charge in [0.25, 0.3) is 5.91 Å². The van der Waals surface area contributed by atoms with Crippen LogP contribution in [0.2, 0.25) is 5.15 Å². The second-order valence-corrected chi connectivity index (χ2v) is 6.27. The number of ether oxygens (including phenoxy) is 1. The van der Waals surface area contributed by atoms with Crippen LogP contribution in [0.5, 0.6) is 0 Å². The summed E-state index contributed by atoms with van der Waals surface area (Å²) in [6, 6.07) is 7.44. The van der Waals surface area contributed by atoms with E-state index in [1.807, 2.05) is 18.2 Å². The van der Waals surface area contributed by atoms with Gasteiger partial charge in [0.05, 0.1) is 18.2 Å². The number of thioether (sulfide) groups is 1. The highest BCUT2D eigenvalue weighted by atomic mass is 35.5. The molecule has 1 N–H and O–H groups in total. The SMILES string of the molecule is COC(=O)/C=C1/S/C(=N\N=Cc2ccc3cc(Cl)ncc3c2)NC1=O. The van der Waals surface area contributed by atoms with Crippen LogP contribution in [-0.4, -0.2) is 35.4 Å². The number of pyridine rings is 1. The molecule has 1 aromatic heterocycles. The Kier molecular flexibility index (Phi) is 5.11. The van der Waals surface area contributed by atoms with Crippen molar-refractivity contribution >= 4 is 57.4 Å². The van der Waals surface area contributed by atoms with E-state index in [1.165, 1.54) is 7.11 Å². The molecule has 7 nitrogen and oxygen atoms in total. The molecule has 1 aliphatic rings. The first-order valence-electron chi connectivity index (χ1n) is 7.00. The average Bonchev–Trinajstić information content (AvgIpc) is 2.94. The van der Waals surface area contributed by atoms with Gasteiger partial charge in [-0.1, -0.05) is 23.7 Å². The summed E-state index contributed by atoms with van der Waals surface area (Å²) >= 11 is 6.87. The second-order valence-electron chi connectivity index (χ2n) is 4.85. The fourth-order valence-corrected chi connectivity index (χ4v) is 2.91. The monoisotopic (exact) mass is 374 g/mol. The molecule has 2 heterocycles. The molecule has 0 bridgehead atoms. The predicted octanol–water partition coefficient (Wildman–Crippen LogP) is 2.50. The number of nitrogens with zero attached hydrogens (tertiary/aromatic N) is 3. The van der Waals surface area contributed by atoms with Gasteiger partial charge in [-0.3, -0.25) is 10.1 Å². The lowest BCUT2D eigenvalue weighted by Gasteiger charge is -1.99. The largest absolute Gasteiger partial charge is 0.466 e. The lowest BCUT2D eigenvalue weighted by Crippen LogP contribution is -2.19. The van der Waals surface area contributed by atoms with Gasteiger partial charge in [0.2, 0.25) is 0 Å². The van der Waals surface area contributed by atoms with Crippen LogP contribution < -0.4 is 5.32 Å². The highest BCUT2D eigenvalue weighted by molar-refractivity contribution is 8.18. The molecule has 1 aromatic carbocycles. The zero-order valence-electron chi connectivity index (χ0n) is 12.9. The van der Waals surface area contributed by atoms with Crippen LogP contribution in [-0.2, 0) is 14.3 Å². The summed E-state index contributed by atoms with van der Waals surface area (Å²) in [5, 5.41) is 13.0. The van der Waals surface area contributed by atoms with Crippen LogP contribution in [0.15, 0.2) is 51.6 Å². The highest BCUT2D eigenvalue weighted by Gasteiger charge is 2.24. The van der Waals surface area contributed by atoms with Crippen LogP contribution >= 0.6 is 23.4 Å². The molecule has 2 aromatic rings. The zero-order valence-corrected chi connectivity index (χ0v) is 14.5. The molecule has 0 atom stereocenters. The first-order valence-corrected chi connectivity index (χ1v) is 8.20. The Morgan fingerprint density at radius 3 is 3.00 bits per heavy atom. The number of hydrogen-bond donors (Lipinski definition) is 1. The Labute approximate surface area is 151 Å². The molecule has 126 valence electrons. The Hall–Kier alpha value is -2.71. The molecule has 1 aliphatic heterocycles. The summed E-state index contributed by atoms with van der Waals surface area (Å²) in [5.74, 6) is -1.02. The molecule has 1 saturated heterocycles. The fourth-order valence-electron chi connectivity index (χ4n) is 2.00. The van der Waals surface area contributed by atoms with Crippen molar-refractivity contribution in [3.05, 3.63) is 52.2 Å². The normalized spacial score (nSPS) is 17.6. The van der Waals surface area contributed by atoms with Gasteiger partial charge in [0, 0.05) is 17.7 Å². The van der Waals surface area contributed by atoms with Gasteiger partial charge in [-0.25, -0.2) is 9.78 Å². The fraction of sp³-hybridized carbons (Fsp3) is 0.0625. The number of esters is 1. The molecule has 3 rings (SSSR count). The summed E-state index contributed by atoms with van der Waals surface area (Å²) in [6.07, 6.45) is 4.33. The number of amides is 1. The molecule has 0 aliphatic carbocycles. The van der Waals surface area contributed by atoms with Crippen LogP contribution in [0.3, 0.4) is 0 Å². The van der Waals surface area contributed by atoms with Gasteiger partial charge in [-0.05, 0) is 34.8 Å². The number of rotatable bonds is 3. The van der Waals surface area contributed by atoms with Gasteiger partial charge in [-0.15, -0.1) is 5.10 Å². The Bertz CT molecular complexity index is 956. The summed E-state index contributed by atoms with van der Waals surface area (Å²) in [4.78, 5) is 27.1. The molecule has 1 amide bonds. The number of fused-ring (bicyclic) bond motifs is 1. The molecule has 25 heavy (non-hydrogen) atoms. The molecule has 1 fully saturated rings. The van der Waals surface area contributed by atoms with Crippen molar-refractivity contribution in [3.8, 4) is 0 Å². The Morgan fingerprint density at radius 1 is 1.36 bits per heavy atom. The summed E-state index contributed by atoms with van der Waals surface area (Å²) in [7, 11) is 1.24. The van der Waals surface area contributed by atoms with Gasteiger partial charge < -0.3 is 4.74 Å². The van der Waals surface area contributed by atoms with E-state index < -0.39 is 11.9 Å². The van der Waals surface area contributed by atoms with Crippen LogP contribution in [0.25, 0.3) is 10.8 Å². The van der Waals surface area contributed by atoms with Gasteiger partial charge in [0.15, 0.2) is 5.17 Å². The van der Waals surface area contributed by atoms with Crippen molar-refractivity contribution in [2.24, 2.45) is 10.2 Å². The minimum atomic E-state index is -0.604. The number of methoxy groups -OCH3 is 1. The highest BCUT2D eigenvalue weighted by Crippen LogP contribution is 2.23. The van der Waals surface area contributed by atoms with Crippen molar-refractivity contribution < 1.29 is 14.3 Å². The van der Waals surface area contributed by atoms with E-state index in [4.69, 9.17) is 11.6 Å². The number of hydrogen-bond acceptors (Lipinski definition) is 7. The van der Waals surface area contributed by atoms with Gasteiger partial charge in [0.1, 0.15) is 5.15 Å². The molecular weight excluding hydrogens is 364 g/mol. The number of aromatic nitrogens is 1. The number of amidine groups is 1. The number of carbonyl (C=O) groups is 2. The van der Waals surface area contributed by atoms with Crippen molar-refractivity contribution in [3.63, 3.8) is 0 Å². The molecule has 0 spiro atoms. The quantitative estimate of drug-likeness (QED) is 0.293. The van der Waals surface area contributed by atoms with Crippen molar-refractivity contribution in [2.75, 3.05) is 7.11 Å². The van der Waals surface area contributed by atoms with E-state index in [0.29, 0.717) is 5.15 Å². The standard InChI is InChI=1S/C16H11ClN4O3S/c1-24-14(22)6-12-15(23)20-16(25-12)21-19-7-9-2-3-10-5-13(17)18-8-11(10)4-9/h2-8H,1H3,(H,20,21,23)/b12-6+,19-7?. The maximum absolute atomic E-state index is 11.7. The Morgan fingerprint density at radius 2 is 2.20 bits per heavy atom. The molecule has 0 unspecified atom stereocenters. The van der Waals surface area contributed by atoms with E-state index in [9.17, 15) is 9.59 Å². The molecule has 0 radical (unpaired) electrons. The lowest BCUT2D eigenvalue weighted by atomic mass is 10.1. The van der Waals surface area contributed by atoms with E-state index in [0.717, 1.165) is 34.2 Å². The molecular formula is C16H11ClN4O3S. The molecule has 9 heteroatoms. The van der Waals surface area contributed by atoms with Gasteiger partial charge >= 0.3 is 5.97 Å². The summed E-state index contributed by atoms with van der Waals surface area (Å²) < 4.78 is 4.49. The maximum Gasteiger partial charge on any atom is 0.331 e. The van der Waals surface area contributed by atoms with Crippen LogP contribution in [0, 0.1) is 0 Å². The number of halogens is 1. The smallest absolute Gasteiger partial charge is 0.331 e. The second kappa shape index (κ2) is 7.45. The summed E-state index contributed by atoms with van der Waals surface area (Å²) in [6.45, 7) is 0. The van der Waals surface area contributed by atoms with Crippen molar-refractivity contribution in [2.45, 2.75) is 0 Å². The van der Waals surface area contributed by atoms with Gasteiger partial charge in [-0.2, -0.15) is 5.10 Å². The minimum absolute atomic E-state index is 0.203. The van der Waals surface area contributed by atoms with Crippen molar-refractivity contribution in [1.82, 2.24) is 10.3 Å². The zero-order chi connectivity index (χ0) is 17.8. The minimum Gasteiger partial charge on any atom is -0.466 e. The van der Waals surface area contributed by atoms with Crippen LogP contribution in [0.1, 0.15) is 5.56 Å². The first kappa shape index (κ1) is 17.1. The predicted molar refractivity (Wildman–Crippen MR) is 97.6 cm³/mol. The van der Waals surface area contributed by atoms with Crippen molar-refractivity contribution in [1.29, 1.82) is 0 Å². The third kappa shape index (κ3) is 4.23. The molecule has 0 saturated carbocycles. The van der Waals surface area contributed by atoms with E-state index in [1.54, 1.807) is 18.5 Å². The topological polar surface area (TPSA) is 93.0 Å².